The highest BCUT2D eigenvalue weighted by Crippen LogP contribution is 2.17. The Labute approximate surface area is 194 Å². The van der Waals surface area contributed by atoms with Gasteiger partial charge < -0.3 is 15.5 Å². The molecule has 168 valence electrons. The Bertz CT molecular complexity index is 702. The molecule has 0 spiro atoms. The standard InChI is InChI=1S/C21H38N4O2S.HI/c1-7-18(8-2)20(25(4)5)16-24-21(22-9-3)23-15-14-17-10-12-19(13-11-17)28(6,26)27;/h10-13,18,20H,7-9,14-16H2,1-6H3,(H2,22,23,24);1H. The van der Waals surface area contributed by atoms with E-state index in [0.717, 1.165) is 50.4 Å². The Balaban J connectivity index is 0.00000784. The summed E-state index contributed by atoms with van der Waals surface area (Å²) in [6, 6.07) is 7.51. The summed E-state index contributed by atoms with van der Waals surface area (Å²) in [5, 5.41) is 6.69. The summed E-state index contributed by atoms with van der Waals surface area (Å²) in [6.45, 7) is 8.86. The average Bonchev–Trinajstić information content (AvgIpc) is 2.64. The predicted molar refractivity (Wildman–Crippen MR) is 134 cm³/mol. The van der Waals surface area contributed by atoms with Gasteiger partial charge in [-0.25, -0.2) is 8.42 Å². The third kappa shape index (κ3) is 10.1. The van der Waals surface area contributed by atoms with Crippen molar-refractivity contribution in [1.29, 1.82) is 0 Å². The van der Waals surface area contributed by atoms with Crippen LogP contribution in [0.4, 0.5) is 0 Å². The molecule has 0 saturated heterocycles. The van der Waals surface area contributed by atoms with E-state index in [2.05, 4.69) is 50.4 Å². The lowest BCUT2D eigenvalue weighted by Crippen LogP contribution is -2.42. The number of likely N-dealkylation sites (N-methyl/N-ethyl adjacent to an activating group) is 1. The normalized spacial score (nSPS) is 13.3. The van der Waals surface area contributed by atoms with Crippen LogP contribution in [0.25, 0.3) is 0 Å². The highest BCUT2D eigenvalue weighted by atomic mass is 127. The molecule has 0 saturated carbocycles. The zero-order valence-corrected chi connectivity index (χ0v) is 21.9. The number of aliphatic imine (C=N–C) groups is 1. The summed E-state index contributed by atoms with van der Waals surface area (Å²) in [5.74, 6) is 1.46. The maximum atomic E-state index is 11.5. The van der Waals surface area contributed by atoms with Gasteiger partial charge in [-0.1, -0.05) is 38.8 Å². The Morgan fingerprint density at radius 3 is 2.10 bits per heavy atom. The number of rotatable bonds is 11. The number of sulfone groups is 1. The largest absolute Gasteiger partial charge is 0.357 e. The molecule has 29 heavy (non-hydrogen) atoms. The molecule has 0 aliphatic heterocycles. The van der Waals surface area contributed by atoms with Gasteiger partial charge in [0.15, 0.2) is 15.8 Å². The number of benzene rings is 1. The van der Waals surface area contributed by atoms with Crippen molar-refractivity contribution in [3.8, 4) is 0 Å². The molecule has 0 amide bonds. The predicted octanol–water partition coefficient (Wildman–Crippen LogP) is 3.17. The second kappa shape index (κ2) is 14.2. The van der Waals surface area contributed by atoms with Gasteiger partial charge in [0.1, 0.15) is 0 Å². The van der Waals surface area contributed by atoms with Gasteiger partial charge in [0.2, 0.25) is 0 Å². The second-order valence-corrected chi connectivity index (χ2v) is 9.44. The third-order valence-electron chi connectivity index (χ3n) is 5.09. The summed E-state index contributed by atoms with van der Waals surface area (Å²) < 4.78 is 23.1. The van der Waals surface area contributed by atoms with Gasteiger partial charge in [-0.2, -0.15) is 0 Å². The van der Waals surface area contributed by atoms with Crippen LogP contribution in [0, 0.1) is 5.92 Å². The number of halogens is 1. The molecule has 6 nitrogen and oxygen atoms in total. The van der Waals surface area contributed by atoms with E-state index in [4.69, 9.17) is 4.99 Å². The van der Waals surface area contributed by atoms with Gasteiger partial charge in [-0.3, -0.25) is 4.99 Å². The second-order valence-electron chi connectivity index (χ2n) is 7.42. The molecule has 1 unspecified atom stereocenters. The number of nitrogens with one attached hydrogen (secondary N) is 2. The van der Waals surface area contributed by atoms with Gasteiger partial charge in [-0.05, 0) is 51.1 Å². The van der Waals surface area contributed by atoms with Crippen molar-refractivity contribution in [2.45, 2.75) is 51.0 Å². The number of guanidine groups is 1. The van der Waals surface area contributed by atoms with Crippen LogP contribution in [0.15, 0.2) is 34.2 Å². The molecule has 1 atom stereocenters. The first-order valence-corrected chi connectivity index (χ1v) is 12.1. The molecule has 1 rings (SSSR count). The van der Waals surface area contributed by atoms with E-state index in [9.17, 15) is 8.42 Å². The van der Waals surface area contributed by atoms with Gasteiger partial charge in [-0.15, -0.1) is 24.0 Å². The molecule has 0 radical (unpaired) electrons. The fourth-order valence-electron chi connectivity index (χ4n) is 3.32. The first-order valence-electron chi connectivity index (χ1n) is 10.2. The molecule has 0 fully saturated rings. The van der Waals surface area contributed by atoms with Crippen molar-refractivity contribution < 1.29 is 8.42 Å². The van der Waals surface area contributed by atoms with Crippen molar-refractivity contribution >= 4 is 39.8 Å². The molecule has 0 aliphatic carbocycles. The van der Waals surface area contributed by atoms with Crippen molar-refractivity contribution in [3.05, 3.63) is 29.8 Å². The molecule has 1 aromatic rings. The van der Waals surface area contributed by atoms with Crippen molar-refractivity contribution in [2.75, 3.05) is 40.0 Å². The Morgan fingerprint density at radius 2 is 1.66 bits per heavy atom. The van der Waals surface area contributed by atoms with E-state index in [0.29, 0.717) is 16.9 Å². The summed E-state index contributed by atoms with van der Waals surface area (Å²) in [6.07, 6.45) is 4.34. The fraction of sp³-hybridized carbons (Fsp3) is 0.667. The van der Waals surface area contributed by atoms with Crippen LogP contribution in [0.1, 0.15) is 39.2 Å². The monoisotopic (exact) mass is 538 g/mol. The minimum atomic E-state index is -3.14. The Hall–Kier alpha value is -0.870. The zero-order valence-electron chi connectivity index (χ0n) is 18.7. The maximum absolute atomic E-state index is 11.5. The maximum Gasteiger partial charge on any atom is 0.191 e. The molecule has 0 bridgehead atoms. The van der Waals surface area contributed by atoms with E-state index < -0.39 is 9.84 Å². The lowest BCUT2D eigenvalue weighted by atomic mass is 9.93. The highest BCUT2D eigenvalue weighted by Gasteiger charge is 2.20. The summed E-state index contributed by atoms with van der Waals surface area (Å²) in [4.78, 5) is 7.43. The van der Waals surface area contributed by atoms with Crippen LogP contribution < -0.4 is 10.6 Å². The van der Waals surface area contributed by atoms with Gasteiger partial charge in [0.05, 0.1) is 11.4 Å². The van der Waals surface area contributed by atoms with Crippen LogP contribution in [0.3, 0.4) is 0 Å². The van der Waals surface area contributed by atoms with E-state index >= 15 is 0 Å². The SMILES string of the molecule is CCNC(=NCC(C(CC)CC)N(C)C)NCCc1ccc(S(C)(=O)=O)cc1.I. The van der Waals surface area contributed by atoms with Crippen LogP contribution >= 0.6 is 24.0 Å². The summed E-state index contributed by atoms with van der Waals surface area (Å²) >= 11 is 0. The Morgan fingerprint density at radius 1 is 1.07 bits per heavy atom. The molecule has 0 aromatic heterocycles. The van der Waals surface area contributed by atoms with Gasteiger partial charge in [0, 0.05) is 25.4 Å². The van der Waals surface area contributed by atoms with Gasteiger partial charge in [0.25, 0.3) is 0 Å². The quantitative estimate of drug-likeness (QED) is 0.257. The van der Waals surface area contributed by atoms with Crippen LogP contribution in [0.2, 0.25) is 0 Å². The number of hydrogen-bond donors (Lipinski definition) is 2. The first-order chi connectivity index (χ1) is 13.2. The van der Waals surface area contributed by atoms with Crippen molar-refractivity contribution in [2.24, 2.45) is 10.9 Å². The number of hydrogen-bond acceptors (Lipinski definition) is 4. The first kappa shape index (κ1) is 28.1. The molecule has 1 aromatic carbocycles. The van der Waals surface area contributed by atoms with Crippen LogP contribution in [-0.2, 0) is 16.3 Å². The number of nitrogens with zero attached hydrogens (tertiary/aromatic N) is 2. The topological polar surface area (TPSA) is 73.8 Å². The minimum absolute atomic E-state index is 0. The van der Waals surface area contributed by atoms with Crippen molar-refractivity contribution in [3.63, 3.8) is 0 Å². The highest BCUT2D eigenvalue weighted by molar-refractivity contribution is 14.0. The van der Waals surface area contributed by atoms with Crippen LogP contribution in [-0.4, -0.2) is 65.3 Å². The lowest BCUT2D eigenvalue weighted by Gasteiger charge is -2.30. The molecule has 8 heteroatoms. The molecule has 2 N–H and O–H groups in total. The molecular weight excluding hydrogens is 499 g/mol. The van der Waals surface area contributed by atoms with E-state index in [1.807, 2.05) is 12.1 Å². The third-order valence-corrected chi connectivity index (χ3v) is 6.22. The summed E-state index contributed by atoms with van der Waals surface area (Å²) in [7, 11) is 1.10. The average molecular weight is 539 g/mol. The Kier molecular flexibility index (Phi) is 13.8. The van der Waals surface area contributed by atoms with E-state index in [1.165, 1.54) is 6.26 Å². The van der Waals surface area contributed by atoms with E-state index in [1.54, 1.807) is 12.1 Å². The fourth-order valence-corrected chi connectivity index (χ4v) is 3.95. The smallest absolute Gasteiger partial charge is 0.191 e. The van der Waals surface area contributed by atoms with Crippen molar-refractivity contribution in [1.82, 2.24) is 15.5 Å². The minimum Gasteiger partial charge on any atom is -0.357 e. The molecule has 0 heterocycles. The zero-order chi connectivity index (χ0) is 21.2. The summed E-state index contributed by atoms with van der Waals surface area (Å²) in [5.41, 5.74) is 1.10. The van der Waals surface area contributed by atoms with Gasteiger partial charge >= 0.3 is 0 Å². The molecular formula is C21H39IN4O2S. The van der Waals surface area contributed by atoms with E-state index in [-0.39, 0.29) is 24.0 Å². The molecule has 0 aliphatic rings. The lowest BCUT2D eigenvalue weighted by molar-refractivity contribution is 0.206. The van der Waals surface area contributed by atoms with Crippen LogP contribution in [0.5, 0.6) is 0 Å².